The largest absolute Gasteiger partial charge is 0.308 e. The highest BCUT2D eigenvalue weighted by atomic mass is 35.5. The quantitative estimate of drug-likeness (QED) is 0.527. The Morgan fingerprint density at radius 2 is 1.74 bits per heavy atom. The second-order valence-electron chi connectivity index (χ2n) is 7.51. The predicted octanol–water partition coefficient (Wildman–Crippen LogP) is 3.81. The van der Waals surface area contributed by atoms with Gasteiger partial charge >= 0.3 is 0 Å². The summed E-state index contributed by atoms with van der Waals surface area (Å²) in [6.45, 7) is 1.11. The minimum absolute atomic E-state index is 0.206. The first-order chi connectivity index (χ1) is 14.8. The highest BCUT2D eigenvalue weighted by Gasteiger charge is 2.30. The number of nitrogens with zero attached hydrogens (tertiary/aromatic N) is 4. The van der Waals surface area contributed by atoms with E-state index in [-0.39, 0.29) is 30.6 Å². The Bertz CT molecular complexity index is 1140. The molecule has 7 nitrogen and oxygen atoms in total. The van der Waals surface area contributed by atoms with E-state index in [0.29, 0.717) is 40.0 Å². The summed E-state index contributed by atoms with van der Waals surface area (Å²) in [7, 11) is 3.88. The average Bonchev–Trinajstić information content (AvgIpc) is 3.32. The van der Waals surface area contributed by atoms with Gasteiger partial charge in [-0.25, -0.2) is 4.98 Å². The van der Waals surface area contributed by atoms with Gasteiger partial charge in [-0.3, -0.25) is 24.2 Å². The van der Waals surface area contributed by atoms with Gasteiger partial charge in [0, 0.05) is 31.5 Å². The third-order valence-electron chi connectivity index (χ3n) is 5.03. The third-order valence-corrected chi connectivity index (χ3v) is 6.38. The second kappa shape index (κ2) is 8.74. The Morgan fingerprint density at radius 1 is 1.06 bits per heavy atom. The number of fused-ring (bicyclic) bond motifs is 1. The van der Waals surface area contributed by atoms with Crippen molar-refractivity contribution in [2.45, 2.75) is 12.8 Å². The van der Waals surface area contributed by atoms with Crippen LogP contribution in [0, 0.1) is 0 Å². The topological polar surface area (TPSA) is 73.8 Å². The molecule has 2 heterocycles. The van der Waals surface area contributed by atoms with Crippen molar-refractivity contribution in [2.24, 2.45) is 0 Å². The fourth-order valence-electron chi connectivity index (χ4n) is 3.38. The molecule has 4 rings (SSSR count). The molecule has 0 atom stereocenters. The zero-order chi connectivity index (χ0) is 22.1. The number of imide groups is 1. The monoisotopic (exact) mass is 456 g/mol. The van der Waals surface area contributed by atoms with Crippen LogP contribution in [-0.2, 0) is 9.59 Å². The number of hydrogen-bond donors (Lipinski definition) is 0. The first-order valence-electron chi connectivity index (χ1n) is 9.82. The van der Waals surface area contributed by atoms with Crippen LogP contribution in [0.2, 0.25) is 5.02 Å². The molecule has 0 unspecified atom stereocenters. The fourth-order valence-corrected chi connectivity index (χ4v) is 4.67. The molecule has 1 aliphatic rings. The number of para-hydroxylation sites is 1. The van der Waals surface area contributed by atoms with E-state index in [9.17, 15) is 14.4 Å². The smallest absolute Gasteiger partial charge is 0.260 e. The lowest BCUT2D eigenvalue weighted by Gasteiger charge is -2.22. The van der Waals surface area contributed by atoms with Crippen molar-refractivity contribution >= 4 is 61.7 Å². The first kappa shape index (κ1) is 21.4. The maximum atomic E-state index is 13.4. The summed E-state index contributed by atoms with van der Waals surface area (Å²) < 4.78 is 0.909. The molecule has 0 bridgehead atoms. The Kier molecular flexibility index (Phi) is 6.04. The third kappa shape index (κ3) is 4.32. The average molecular weight is 457 g/mol. The molecule has 0 N–H and O–H groups in total. The predicted molar refractivity (Wildman–Crippen MR) is 123 cm³/mol. The lowest BCUT2D eigenvalue weighted by molar-refractivity contribution is -0.121. The molecule has 160 valence electrons. The van der Waals surface area contributed by atoms with Gasteiger partial charge in [0.05, 0.1) is 15.4 Å². The van der Waals surface area contributed by atoms with Crippen molar-refractivity contribution < 1.29 is 14.4 Å². The SMILES string of the molecule is CN(C)CCN(C(=O)c1ccc(N2C(=O)CCC2=O)cc1)c1nc2c(Cl)cccc2s1. The van der Waals surface area contributed by atoms with Crippen LogP contribution in [0.25, 0.3) is 10.2 Å². The summed E-state index contributed by atoms with van der Waals surface area (Å²) in [5.74, 6) is -0.645. The molecule has 1 aliphatic heterocycles. The molecule has 0 spiro atoms. The minimum Gasteiger partial charge on any atom is -0.308 e. The highest BCUT2D eigenvalue weighted by molar-refractivity contribution is 7.22. The van der Waals surface area contributed by atoms with Gasteiger partial charge in [-0.2, -0.15) is 0 Å². The van der Waals surface area contributed by atoms with E-state index in [2.05, 4.69) is 4.98 Å². The van der Waals surface area contributed by atoms with Crippen molar-refractivity contribution in [1.82, 2.24) is 9.88 Å². The number of carbonyl (C=O) groups is 3. The van der Waals surface area contributed by atoms with Crippen molar-refractivity contribution in [3.05, 3.63) is 53.1 Å². The van der Waals surface area contributed by atoms with E-state index < -0.39 is 0 Å². The number of thiazole rings is 1. The number of aromatic nitrogens is 1. The van der Waals surface area contributed by atoms with Crippen LogP contribution in [0.1, 0.15) is 23.2 Å². The van der Waals surface area contributed by atoms with E-state index in [4.69, 9.17) is 11.6 Å². The molecule has 9 heteroatoms. The number of carbonyl (C=O) groups excluding carboxylic acids is 3. The molecule has 31 heavy (non-hydrogen) atoms. The Hall–Kier alpha value is -2.81. The molecule has 0 radical (unpaired) electrons. The molecular formula is C22H21ClN4O3S. The number of hydrogen-bond acceptors (Lipinski definition) is 6. The number of halogens is 1. The normalized spacial score (nSPS) is 14.1. The summed E-state index contributed by atoms with van der Waals surface area (Å²) >= 11 is 7.69. The summed E-state index contributed by atoms with van der Waals surface area (Å²) in [5.41, 5.74) is 1.61. The van der Waals surface area contributed by atoms with Crippen LogP contribution in [0.5, 0.6) is 0 Å². The van der Waals surface area contributed by atoms with Crippen LogP contribution >= 0.6 is 22.9 Å². The van der Waals surface area contributed by atoms with Gasteiger partial charge in [-0.05, 0) is 50.5 Å². The van der Waals surface area contributed by atoms with Gasteiger partial charge in [0.1, 0.15) is 5.52 Å². The van der Waals surface area contributed by atoms with Gasteiger partial charge in [-0.15, -0.1) is 0 Å². The van der Waals surface area contributed by atoms with Crippen molar-refractivity contribution in [3.63, 3.8) is 0 Å². The van der Waals surface area contributed by atoms with Crippen LogP contribution < -0.4 is 9.80 Å². The Balaban J connectivity index is 1.64. The van der Waals surface area contributed by atoms with E-state index in [0.717, 1.165) is 4.70 Å². The number of anilines is 2. The van der Waals surface area contributed by atoms with Gasteiger partial charge in [-0.1, -0.05) is 29.0 Å². The lowest BCUT2D eigenvalue weighted by atomic mass is 10.1. The summed E-state index contributed by atoms with van der Waals surface area (Å²) in [4.78, 5) is 46.7. The molecule has 1 aromatic heterocycles. The van der Waals surface area contributed by atoms with Crippen LogP contribution in [0.3, 0.4) is 0 Å². The standard InChI is InChI=1S/C22H21ClN4O3S/c1-25(2)12-13-26(22-24-20-16(23)4-3-5-17(20)31-22)21(30)14-6-8-15(9-7-14)27-18(28)10-11-19(27)29/h3-9H,10-13H2,1-2H3. The molecular weight excluding hydrogens is 436 g/mol. The Labute approximate surface area is 188 Å². The van der Waals surface area contributed by atoms with E-state index >= 15 is 0 Å². The maximum absolute atomic E-state index is 13.4. The van der Waals surface area contributed by atoms with Crippen LogP contribution in [-0.4, -0.2) is 54.8 Å². The number of rotatable bonds is 6. The van der Waals surface area contributed by atoms with E-state index in [1.165, 1.54) is 16.2 Å². The van der Waals surface area contributed by atoms with Gasteiger partial charge in [0.15, 0.2) is 5.13 Å². The number of amides is 3. The first-order valence-corrected chi connectivity index (χ1v) is 11.0. The van der Waals surface area contributed by atoms with Crippen molar-refractivity contribution in [3.8, 4) is 0 Å². The van der Waals surface area contributed by atoms with Gasteiger partial charge in [0.25, 0.3) is 5.91 Å². The van der Waals surface area contributed by atoms with E-state index in [1.54, 1.807) is 35.2 Å². The molecule has 0 aliphatic carbocycles. The Morgan fingerprint density at radius 3 is 2.35 bits per heavy atom. The highest BCUT2D eigenvalue weighted by Crippen LogP contribution is 2.33. The number of benzene rings is 2. The maximum Gasteiger partial charge on any atom is 0.260 e. The van der Waals surface area contributed by atoms with Crippen LogP contribution in [0.4, 0.5) is 10.8 Å². The fraction of sp³-hybridized carbons (Fsp3) is 0.273. The van der Waals surface area contributed by atoms with Gasteiger partial charge in [0.2, 0.25) is 11.8 Å². The minimum atomic E-state index is -0.219. The molecule has 3 aromatic rings. The summed E-state index contributed by atoms with van der Waals surface area (Å²) in [6, 6.07) is 12.1. The van der Waals surface area contributed by atoms with Crippen molar-refractivity contribution in [1.29, 1.82) is 0 Å². The second-order valence-corrected chi connectivity index (χ2v) is 8.93. The van der Waals surface area contributed by atoms with E-state index in [1.807, 2.05) is 31.1 Å². The number of likely N-dealkylation sites (N-methyl/N-ethyl adjacent to an activating group) is 1. The zero-order valence-corrected chi connectivity index (χ0v) is 18.7. The molecule has 1 saturated heterocycles. The van der Waals surface area contributed by atoms with Crippen LogP contribution in [0.15, 0.2) is 42.5 Å². The summed E-state index contributed by atoms with van der Waals surface area (Å²) in [5, 5.41) is 1.12. The molecule has 1 fully saturated rings. The zero-order valence-electron chi connectivity index (χ0n) is 17.2. The molecule has 0 saturated carbocycles. The molecule has 3 amide bonds. The molecule has 2 aromatic carbocycles. The van der Waals surface area contributed by atoms with Crippen molar-refractivity contribution in [2.75, 3.05) is 37.0 Å². The lowest BCUT2D eigenvalue weighted by Crippen LogP contribution is -2.36. The summed E-state index contributed by atoms with van der Waals surface area (Å²) in [6.07, 6.45) is 0.440. The van der Waals surface area contributed by atoms with Gasteiger partial charge < -0.3 is 4.90 Å².